The van der Waals surface area contributed by atoms with Gasteiger partial charge in [-0.05, 0) is 18.8 Å². The zero-order valence-electron chi connectivity index (χ0n) is 10.7. The highest BCUT2D eigenvalue weighted by Gasteiger charge is 2.19. The molecule has 17 heavy (non-hydrogen) atoms. The van der Waals surface area contributed by atoms with Crippen molar-refractivity contribution in [3.8, 4) is 0 Å². The fourth-order valence-electron chi connectivity index (χ4n) is 1.84. The molecule has 0 spiro atoms. The van der Waals surface area contributed by atoms with Crippen LogP contribution in [0.3, 0.4) is 0 Å². The second kappa shape index (κ2) is 6.59. The summed E-state index contributed by atoms with van der Waals surface area (Å²) in [6.07, 6.45) is 2.56. The highest BCUT2D eigenvalue weighted by molar-refractivity contribution is 5.82. The van der Waals surface area contributed by atoms with Crippen molar-refractivity contribution in [2.75, 3.05) is 19.6 Å². The monoisotopic (exact) mass is 241 g/mol. The second-order valence-electron chi connectivity index (χ2n) is 4.90. The van der Waals surface area contributed by atoms with Crippen LogP contribution >= 0.6 is 0 Å². The van der Waals surface area contributed by atoms with Crippen LogP contribution in [0.5, 0.6) is 0 Å². The predicted octanol–water partition coefficient (Wildman–Crippen LogP) is 0.0984. The van der Waals surface area contributed by atoms with E-state index in [4.69, 9.17) is 5.73 Å². The fourth-order valence-corrected chi connectivity index (χ4v) is 1.84. The van der Waals surface area contributed by atoms with Gasteiger partial charge in [0.05, 0.1) is 6.04 Å². The van der Waals surface area contributed by atoms with Crippen molar-refractivity contribution < 1.29 is 9.59 Å². The third-order valence-corrected chi connectivity index (χ3v) is 3.12. The van der Waals surface area contributed by atoms with Gasteiger partial charge in [0.25, 0.3) is 0 Å². The van der Waals surface area contributed by atoms with Gasteiger partial charge in [-0.25, -0.2) is 0 Å². The quantitative estimate of drug-likeness (QED) is 0.716. The lowest BCUT2D eigenvalue weighted by molar-refractivity contribution is -0.130. The molecule has 98 valence electrons. The molecular formula is C12H23N3O2. The molecule has 5 heteroatoms. The maximum Gasteiger partial charge on any atom is 0.237 e. The number of nitrogens with zero attached hydrogens (tertiary/aromatic N) is 1. The van der Waals surface area contributed by atoms with E-state index in [0.29, 0.717) is 13.0 Å². The Balaban J connectivity index is 2.18. The van der Waals surface area contributed by atoms with Gasteiger partial charge < -0.3 is 16.0 Å². The summed E-state index contributed by atoms with van der Waals surface area (Å²) < 4.78 is 0. The lowest BCUT2D eigenvalue weighted by Crippen LogP contribution is -2.45. The van der Waals surface area contributed by atoms with Crippen LogP contribution < -0.4 is 11.1 Å². The Morgan fingerprint density at radius 1 is 1.29 bits per heavy atom. The summed E-state index contributed by atoms with van der Waals surface area (Å²) in [5, 5.41) is 2.71. The second-order valence-corrected chi connectivity index (χ2v) is 4.90. The maximum atomic E-state index is 11.7. The van der Waals surface area contributed by atoms with E-state index in [-0.39, 0.29) is 17.7 Å². The van der Waals surface area contributed by atoms with E-state index in [1.54, 1.807) is 0 Å². The van der Waals surface area contributed by atoms with Gasteiger partial charge in [0, 0.05) is 26.1 Å². The van der Waals surface area contributed by atoms with Crippen LogP contribution in [0.15, 0.2) is 0 Å². The molecule has 1 heterocycles. The molecular weight excluding hydrogens is 218 g/mol. The van der Waals surface area contributed by atoms with Crippen molar-refractivity contribution in [3.63, 3.8) is 0 Å². The van der Waals surface area contributed by atoms with Gasteiger partial charge in [0.1, 0.15) is 0 Å². The van der Waals surface area contributed by atoms with Gasteiger partial charge >= 0.3 is 0 Å². The van der Waals surface area contributed by atoms with E-state index >= 15 is 0 Å². The smallest absolute Gasteiger partial charge is 0.237 e. The molecule has 1 fully saturated rings. The van der Waals surface area contributed by atoms with E-state index in [0.717, 1.165) is 25.9 Å². The van der Waals surface area contributed by atoms with Crippen molar-refractivity contribution in [3.05, 3.63) is 0 Å². The van der Waals surface area contributed by atoms with Crippen LogP contribution in [0, 0.1) is 5.92 Å². The topological polar surface area (TPSA) is 75.4 Å². The average molecular weight is 241 g/mol. The number of rotatable bonds is 5. The molecule has 5 nitrogen and oxygen atoms in total. The first-order chi connectivity index (χ1) is 8.02. The third-order valence-electron chi connectivity index (χ3n) is 3.12. The third kappa shape index (κ3) is 4.34. The van der Waals surface area contributed by atoms with E-state index in [9.17, 15) is 9.59 Å². The molecule has 0 radical (unpaired) electrons. The first-order valence-corrected chi connectivity index (χ1v) is 6.33. The van der Waals surface area contributed by atoms with Crippen molar-refractivity contribution in [2.24, 2.45) is 11.7 Å². The molecule has 0 aromatic heterocycles. The number of likely N-dealkylation sites (tertiary alicyclic amines) is 1. The van der Waals surface area contributed by atoms with Crippen molar-refractivity contribution in [1.82, 2.24) is 10.2 Å². The Labute approximate surface area is 103 Å². The number of hydrogen-bond donors (Lipinski definition) is 2. The SMILES string of the molecule is CC(C)[C@@H](N)C(=O)NCCC(=O)N1CCCC1. The van der Waals surface area contributed by atoms with E-state index in [2.05, 4.69) is 5.32 Å². The van der Waals surface area contributed by atoms with Gasteiger partial charge in [-0.15, -0.1) is 0 Å². The lowest BCUT2D eigenvalue weighted by Gasteiger charge is -2.17. The van der Waals surface area contributed by atoms with E-state index < -0.39 is 6.04 Å². The minimum atomic E-state index is -0.489. The molecule has 1 aliphatic heterocycles. The zero-order valence-corrected chi connectivity index (χ0v) is 10.7. The summed E-state index contributed by atoms with van der Waals surface area (Å²) in [6, 6.07) is -0.489. The molecule has 0 unspecified atom stereocenters. The summed E-state index contributed by atoms with van der Waals surface area (Å²) in [5.41, 5.74) is 5.69. The molecule has 0 bridgehead atoms. The minimum Gasteiger partial charge on any atom is -0.354 e. The van der Waals surface area contributed by atoms with Gasteiger partial charge in [0.15, 0.2) is 0 Å². The molecule has 1 aliphatic rings. The number of carbonyl (C=O) groups excluding carboxylic acids is 2. The van der Waals surface area contributed by atoms with Crippen LogP contribution in [0.2, 0.25) is 0 Å². The summed E-state index contributed by atoms with van der Waals surface area (Å²) in [5.74, 6) is 0.0689. The van der Waals surface area contributed by atoms with Gasteiger partial charge in [-0.3, -0.25) is 9.59 Å². The van der Waals surface area contributed by atoms with Crippen LogP contribution in [0.1, 0.15) is 33.1 Å². The average Bonchev–Trinajstić information content (AvgIpc) is 2.80. The standard InChI is InChI=1S/C12H23N3O2/c1-9(2)11(13)12(17)14-6-5-10(16)15-7-3-4-8-15/h9,11H,3-8,13H2,1-2H3,(H,14,17)/t11-/m1/s1. The van der Waals surface area contributed by atoms with Crippen molar-refractivity contribution in [1.29, 1.82) is 0 Å². The Morgan fingerprint density at radius 2 is 1.88 bits per heavy atom. The summed E-state index contributed by atoms with van der Waals surface area (Å²) in [7, 11) is 0. The minimum absolute atomic E-state index is 0.115. The molecule has 1 atom stereocenters. The number of nitrogens with two attached hydrogens (primary N) is 1. The van der Waals surface area contributed by atoms with Gasteiger partial charge in [0.2, 0.25) is 11.8 Å². The Morgan fingerprint density at radius 3 is 2.41 bits per heavy atom. The number of amides is 2. The molecule has 3 N–H and O–H groups in total. The first kappa shape index (κ1) is 14.0. The number of nitrogens with one attached hydrogen (secondary N) is 1. The molecule has 0 aromatic carbocycles. The maximum absolute atomic E-state index is 11.7. The molecule has 0 saturated carbocycles. The van der Waals surface area contributed by atoms with Crippen molar-refractivity contribution >= 4 is 11.8 Å². The predicted molar refractivity (Wildman–Crippen MR) is 66.3 cm³/mol. The van der Waals surface area contributed by atoms with Crippen LogP contribution in [-0.2, 0) is 9.59 Å². The molecule has 2 amide bonds. The van der Waals surface area contributed by atoms with Gasteiger partial charge in [-0.1, -0.05) is 13.8 Å². The van der Waals surface area contributed by atoms with Crippen LogP contribution in [-0.4, -0.2) is 42.4 Å². The summed E-state index contributed by atoms with van der Waals surface area (Å²) >= 11 is 0. The Hall–Kier alpha value is -1.10. The molecule has 0 aliphatic carbocycles. The molecule has 1 saturated heterocycles. The van der Waals surface area contributed by atoms with Crippen LogP contribution in [0.25, 0.3) is 0 Å². The zero-order chi connectivity index (χ0) is 12.8. The molecule has 0 aromatic rings. The molecule has 1 rings (SSSR count). The lowest BCUT2D eigenvalue weighted by atomic mass is 10.1. The van der Waals surface area contributed by atoms with Crippen LogP contribution in [0.4, 0.5) is 0 Å². The van der Waals surface area contributed by atoms with E-state index in [1.165, 1.54) is 0 Å². The highest BCUT2D eigenvalue weighted by atomic mass is 16.2. The van der Waals surface area contributed by atoms with E-state index in [1.807, 2.05) is 18.7 Å². The highest BCUT2D eigenvalue weighted by Crippen LogP contribution is 2.08. The first-order valence-electron chi connectivity index (χ1n) is 6.33. The summed E-state index contributed by atoms with van der Waals surface area (Å²) in [6.45, 7) is 5.91. The van der Waals surface area contributed by atoms with Gasteiger partial charge in [-0.2, -0.15) is 0 Å². The summed E-state index contributed by atoms with van der Waals surface area (Å²) in [4.78, 5) is 25.1. The number of hydrogen-bond acceptors (Lipinski definition) is 3. The number of carbonyl (C=O) groups is 2. The fraction of sp³-hybridized carbons (Fsp3) is 0.833. The Bertz CT molecular complexity index is 259. The van der Waals surface area contributed by atoms with Crippen molar-refractivity contribution in [2.45, 2.75) is 39.2 Å². The Kier molecular flexibility index (Phi) is 5.41. The largest absolute Gasteiger partial charge is 0.354 e. The normalized spacial score (nSPS) is 17.3.